The van der Waals surface area contributed by atoms with Crippen molar-refractivity contribution >= 4 is 0 Å². The Balaban J connectivity index is 2.11. The monoisotopic (exact) mass is 304 g/mol. The Labute approximate surface area is 133 Å². The van der Waals surface area contributed by atoms with E-state index in [1.807, 2.05) is 12.1 Å². The van der Waals surface area contributed by atoms with Crippen molar-refractivity contribution in [1.82, 2.24) is 0 Å². The molecule has 0 aliphatic heterocycles. The van der Waals surface area contributed by atoms with Crippen LogP contribution < -0.4 is 0 Å². The number of hydrogen-bond acceptors (Lipinski definition) is 3. The summed E-state index contributed by atoms with van der Waals surface area (Å²) in [5.41, 5.74) is 2.93. The lowest BCUT2D eigenvalue weighted by Crippen LogP contribution is -2.51. The quantitative estimate of drug-likeness (QED) is 0.786. The first-order valence-electron chi connectivity index (χ1n) is 8.43. The van der Waals surface area contributed by atoms with Gasteiger partial charge < -0.3 is 15.3 Å². The highest BCUT2D eigenvalue weighted by Gasteiger charge is 2.53. The van der Waals surface area contributed by atoms with Gasteiger partial charge in [-0.25, -0.2) is 0 Å². The average molecular weight is 304 g/mol. The summed E-state index contributed by atoms with van der Waals surface area (Å²) < 4.78 is 0. The zero-order valence-corrected chi connectivity index (χ0v) is 13.8. The summed E-state index contributed by atoms with van der Waals surface area (Å²) in [6.07, 6.45) is 2.91. The van der Waals surface area contributed by atoms with Gasteiger partial charge in [-0.3, -0.25) is 0 Å². The van der Waals surface area contributed by atoms with Crippen LogP contribution in [0.1, 0.15) is 75.4 Å². The predicted octanol–water partition coefficient (Wildman–Crippen LogP) is 3.23. The lowest BCUT2D eigenvalue weighted by Gasteiger charge is -2.56. The van der Waals surface area contributed by atoms with Gasteiger partial charge in [-0.15, -0.1) is 0 Å². The van der Waals surface area contributed by atoms with E-state index in [1.165, 1.54) is 5.56 Å². The van der Waals surface area contributed by atoms with Gasteiger partial charge >= 0.3 is 0 Å². The van der Waals surface area contributed by atoms with E-state index in [9.17, 15) is 15.3 Å². The second-order valence-electron chi connectivity index (χ2n) is 7.91. The molecule has 2 aliphatic rings. The highest BCUT2D eigenvalue weighted by molar-refractivity contribution is 5.43. The van der Waals surface area contributed by atoms with E-state index in [-0.39, 0.29) is 17.4 Å². The fraction of sp³-hybridized carbons (Fsp3) is 0.684. The summed E-state index contributed by atoms with van der Waals surface area (Å²) in [7, 11) is 0. The number of aliphatic hydroxyl groups excluding tert-OH is 3. The Kier molecular flexibility index (Phi) is 3.87. The highest BCUT2D eigenvalue weighted by Crippen LogP contribution is 2.59. The van der Waals surface area contributed by atoms with Crippen LogP contribution in [-0.4, -0.2) is 21.9 Å². The molecule has 122 valence electrons. The molecule has 3 nitrogen and oxygen atoms in total. The second-order valence-corrected chi connectivity index (χ2v) is 7.91. The lowest BCUT2D eigenvalue weighted by atomic mass is 9.49. The van der Waals surface area contributed by atoms with Gasteiger partial charge in [0.05, 0.1) is 12.2 Å². The van der Waals surface area contributed by atoms with E-state index in [0.29, 0.717) is 12.3 Å². The maximum Gasteiger partial charge on any atom is 0.0796 e. The Hall–Kier alpha value is -0.900. The van der Waals surface area contributed by atoms with Crippen molar-refractivity contribution in [1.29, 1.82) is 0 Å². The maximum atomic E-state index is 10.7. The number of benzene rings is 1. The summed E-state index contributed by atoms with van der Waals surface area (Å²) in [5, 5.41) is 30.4. The molecule has 1 aromatic carbocycles. The summed E-state index contributed by atoms with van der Waals surface area (Å²) in [6, 6.07) is 6.04. The van der Waals surface area contributed by atoms with E-state index in [4.69, 9.17) is 0 Å². The molecule has 22 heavy (non-hydrogen) atoms. The smallest absolute Gasteiger partial charge is 0.0796 e. The first-order valence-corrected chi connectivity index (χ1v) is 8.43. The van der Waals surface area contributed by atoms with Gasteiger partial charge in [0, 0.05) is 6.61 Å². The summed E-state index contributed by atoms with van der Waals surface area (Å²) in [5.74, 6) is 0.290. The van der Waals surface area contributed by atoms with Gasteiger partial charge in [0.1, 0.15) is 0 Å². The molecule has 0 bridgehead atoms. The molecule has 0 amide bonds. The molecule has 1 saturated carbocycles. The van der Waals surface area contributed by atoms with E-state index < -0.39 is 12.2 Å². The molecular weight excluding hydrogens is 276 g/mol. The standard InChI is InChI=1S/C19H28O3/c1-12(21)13-5-6-15-14(9-13)16(22)10-17-18(2,11-20)7-4-8-19(15,17)3/h5-6,9,12,16-17,20-22H,4,7-8,10-11H2,1-3H3. The Morgan fingerprint density at radius 2 is 2.00 bits per heavy atom. The van der Waals surface area contributed by atoms with Crippen LogP contribution in [0, 0.1) is 11.3 Å². The van der Waals surface area contributed by atoms with Gasteiger partial charge in [0.25, 0.3) is 0 Å². The van der Waals surface area contributed by atoms with Crippen molar-refractivity contribution in [2.45, 2.75) is 64.1 Å². The Morgan fingerprint density at radius 1 is 1.27 bits per heavy atom. The van der Waals surface area contributed by atoms with Crippen LogP contribution in [0.5, 0.6) is 0 Å². The third kappa shape index (κ3) is 2.22. The first kappa shape index (κ1) is 16.0. The fourth-order valence-electron chi connectivity index (χ4n) is 5.02. The van der Waals surface area contributed by atoms with Gasteiger partial charge in [0.15, 0.2) is 0 Å². The van der Waals surface area contributed by atoms with Gasteiger partial charge in [0.2, 0.25) is 0 Å². The zero-order valence-electron chi connectivity index (χ0n) is 13.8. The van der Waals surface area contributed by atoms with Crippen LogP contribution in [-0.2, 0) is 5.41 Å². The molecule has 3 rings (SSSR count). The normalized spacial score (nSPS) is 39.0. The van der Waals surface area contributed by atoms with E-state index in [0.717, 1.165) is 30.4 Å². The van der Waals surface area contributed by atoms with Crippen molar-refractivity contribution < 1.29 is 15.3 Å². The molecule has 1 fully saturated rings. The molecule has 0 radical (unpaired) electrons. The summed E-state index contributed by atoms with van der Waals surface area (Å²) in [4.78, 5) is 0. The minimum Gasteiger partial charge on any atom is -0.396 e. The van der Waals surface area contributed by atoms with Crippen molar-refractivity contribution in [3.63, 3.8) is 0 Å². The van der Waals surface area contributed by atoms with E-state index in [1.54, 1.807) is 6.92 Å². The van der Waals surface area contributed by atoms with Crippen LogP contribution in [0.15, 0.2) is 18.2 Å². The minimum atomic E-state index is -0.517. The molecule has 0 heterocycles. The Bertz CT molecular complexity index is 568. The van der Waals surface area contributed by atoms with Gasteiger partial charge in [-0.05, 0) is 59.6 Å². The molecule has 0 saturated heterocycles. The number of rotatable bonds is 2. The average Bonchev–Trinajstić information content (AvgIpc) is 2.49. The van der Waals surface area contributed by atoms with E-state index in [2.05, 4.69) is 19.9 Å². The molecule has 0 aromatic heterocycles. The second kappa shape index (κ2) is 5.33. The van der Waals surface area contributed by atoms with Crippen molar-refractivity contribution in [3.8, 4) is 0 Å². The largest absolute Gasteiger partial charge is 0.396 e. The third-order valence-corrected chi connectivity index (χ3v) is 6.41. The molecule has 3 heteroatoms. The van der Waals surface area contributed by atoms with Crippen molar-refractivity contribution in [3.05, 3.63) is 34.9 Å². The number of hydrogen-bond donors (Lipinski definition) is 3. The minimum absolute atomic E-state index is 0.00151. The van der Waals surface area contributed by atoms with Crippen LogP contribution in [0.4, 0.5) is 0 Å². The molecule has 5 unspecified atom stereocenters. The van der Waals surface area contributed by atoms with Crippen LogP contribution >= 0.6 is 0 Å². The van der Waals surface area contributed by atoms with Crippen LogP contribution in [0.25, 0.3) is 0 Å². The zero-order chi connectivity index (χ0) is 16.1. The van der Waals surface area contributed by atoms with Gasteiger partial charge in [-0.1, -0.05) is 38.5 Å². The molecule has 3 N–H and O–H groups in total. The van der Waals surface area contributed by atoms with E-state index >= 15 is 0 Å². The lowest BCUT2D eigenvalue weighted by molar-refractivity contribution is -0.0463. The van der Waals surface area contributed by atoms with Crippen molar-refractivity contribution in [2.75, 3.05) is 6.61 Å². The number of aliphatic hydroxyl groups is 3. The molecule has 0 spiro atoms. The highest BCUT2D eigenvalue weighted by atomic mass is 16.3. The van der Waals surface area contributed by atoms with Crippen LogP contribution in [0.2, 0.25) is 0 Å². The van der Waals surface area contributed by atoms with Crippen LogP contribution in [0.3, 0.4) is 0 Å². The predicted molar refractivity (Wildman–Crippen MR) is 86.5 cm³/mol. The van der Waals surface area contributed by atoms with Crippen molar-refractivity contribution in [2.24, 2.45) is 11.3 Å². The first-order chi connectivity index (χ1) is 10.3. The number of fused-ring (bicyclic) bond motifs is 3. The molecule has 5 atom stereocenters. The topological polar surface area (TPSA) is 60.7 Å². The fourth-order valence-corrected chi connectivity index (χ4v) is 5.02. The Morgan fingerprint density at radius 3 is 2.64 bits per heavy atom. The third-order valence-electron chi connectivity index (χ3n) is 6.41. The summed E-state index contributed by atoms with van der Waals surface area (Å²) in [6.45, 7) is 6.39. The maximum absolute atomic E-state index is 10.7. The SMILES string of the molecule is CC(O)c1ccc2c(c1)C(O)CC1C(C)(CO)CCCC21C. The summed E-state index contributed by atoms with van der Waals surface area (Å²) >= 11 is 0. The molecule has 1 aromatic rings. The molecular formula is C19H28O3. The molecule has 2 aliphatic carbocycles. The van der Waals surface area contributed by atoms with Gasteiger partial charge in [-0.2, -0.15) is 0 Å².